The topological polar surface area (TPSA) is 151 Å². The van der Waals surface area contributed by atoms with E-state index in [-0.39, 0.29) is 26.2 Å². The molecule has 0 aromatic rings. The highest BCUT2D eigenvalue weighted by Gasteiger charge is 2.28. The maximum absolute atomic E-state index is 12.8. The summed E-state index contributed by atoms with van der Waals surface area (Å²) >= 11 is 0. The fraction of sp³-hybridized carbons (Fsp3) is 0.977. The van der Waals surface area contributed by atoms with E-state index in [9.17, 15) is 24.5 Å². The van der Waals surface area contributed by atoms with Gasteiger partial charge >= 0.3 is 7.82 Å². The van der Waals surface area contributed by atoms with Gasteiger partial charge in [-0.3, -0.25) is 13.8 Å². The molecule has 0 aromatic carbocycles. The molecule has 0 heterocycles. The van der Waals surface area contributed by atoms with E-state index in [4.69, 9.17) is 14.8 Å². The van der Waals surface area contributed by atoms with Crippen LogP contribution in [0.2, 0.25) is 0 Å². The lowest BCUT2D eigenvalue weighted by Gasteiger charge is -2.25. The summed E-state index contributed by atoms with van der Waals surface area (Å²) in [5, 5.41) is 24.2. The molecule has 0 radical (unpaired) electrons. The number of unbranched alkanes of at least 4 members (excludes halogenated alkanes) is 30. The number of nitrogens with one attached hydrogen (secondary N) is 1. The van der Waals surface area contributed by atoms with Crippen LogP contribution in [0, 0.1) is 0 Å². The van der Waals surface area contributed by atoms with E-state index in [1.165, 1.54) is 167 Å². The number of nitrogens with two attached hydrogens (primary N) is 1. The first-order chi connectivity index (χ1) is 26.3. The first-order valence-electron chi connectivity index (χ1n) is 23.2. The van der Waals surface area contributed by atoms with Gasteiger partial charge in [0.05, 0.1) is 37.9 Å². The monoisotopic (exact) mass is 791 g/mol. The van der Waals surface area contributed by atoms with Crippen molar-refractivity contribution in [3.63, 3.8) is 0 Å². The van der Waals surface area contributed by atoms with Crippen LogP contribution < -0.4 is 11.1 Å². The highest BCUT2D eigenvalue weighted by molar-refractivity contribution is 7.47. The van der Waals surface area contributed by atoms with Gasteiger partial charge < -0.3 is 26.2 Å². The quantitative estimate of drug-likeness (QED) is 0.0302. The lowest BCUT2D eigenvalue weighted by Crippen LogP contribution is -2.47. The zero-order valence-corrected chi connectivity index (χ0v) is 36.5. The highest BCUT2D eigenvalue weighted by Crippen LogP contribution is 2.43. The minimum absolute atomic E-state index is 0.0626. The number of carbonyl (C=O) groups excluding carboxylic acids is 1. The van der Waals surface area contributed by atoms with E-state index < -0.39 is 32.0 Å². The van der Waals surface area contributed by atoms with Gasteiger partial charge in [-0.1, -0.05) is 219 Å². The number of hydrogen-bond acceptors (Lipinski definition) is 7. The number of phosphoric ester groups is 1. The summed E-state index contributed by atoms with van der Waals surface area (Å²) in [6.07, 6.45) is 40.1. The predicted molar refractivity (Wildman–Crippen MR) is 228 cm³/mol. The Morgan fingerprint density at radius 2 is 0.889 bits per heavy atom. The Morgan fingerprint density at radius 1 is 0.556 bits per heavy atom. The van der Waals surface area contributed by atoms with Crippen LogP contribution in [0.25, 0.3) is 0 Å². The third kappa shape index (κ3) is 38.3. The molecule has 0 rings (SSSR count). The Hall–Kier alpha value is -0.540. The molecule has 0 saturated heterocycles. The van der Waals surface area contributed by atoms with Gasteiger partial charge in [-0.05, 0) is 12.8 Å². The summed E-state index contributed by atoms with van der Waals surface area (Å²) in [5.41, 5.74) is 5.37. The van der Waals surface area contributed by atoms with Crippen molar-refractivity contribution in [2.75, 3.05) is 19.8 Å². The normalized spacial score (nSPS) is 14.6. The number of phosphoric acid groups is 1. The van der Waals surface area contributed by atoms with Crippen LogP contribution >= 0.6 is 7.82 Å². The van der Waals surface area contributed by atoms with E-state index in [0.29, 0.717) is 12.8 Å². The van der Waals surface area contributed by atoms with Crippen molar-refractivity contribution in [1.82, 2.24) is 5.32 Å². The number of hydrogen-bond donors (Lipinski definition) is 5. The van der Waals surface area contributed by atoms with Gasteiger partial charge in [0.15, 0.2) is 0 Å². The van der Waals surface area contributed by atoms with Crippen molar-refractivity contribution in [3.05, 3.63) is 0 Å². The zero-order chi connectivity index (χ0) is 39.8. The van der Waals surface area contributed by atoms with Crippen molar-refractivity contribution in [3.8, 4) is 0 Å². The second-order valence-electron chi connectivity index (χ2n) is 16.2. The van der Waals surface area contributed by atoms with Gasteiger partial charge in [0, 0.05) is 6.54 Å². The lowest BCUT2D eigenvalue weighted by atomic mass is 10.0. The van der Waals surface area contributed by atoms with E-state index in [0.717, 1.165) is 38.5 Å². The van der Waals surface area contributed by atoms with Crippen LogP contribution in [0.3, 0.4) is 0 Å². The average molecular weight is 791 g/mol. The second-order valence-corrected chi connectivity index (χ2v) is 17.6. The molecule has 10 heteroatoms. The molecule has 0 aliphatic heterocycles. The van der Waals surface area contributed by atoms with Gasteiger partial charge in [-0.15, -0.1) is 0 Å². The van der Waals surface area contributed by atoms with Crippen LogP contribution in [0.4, 0.5) is 0 Å². The molecule has 0 fully saturated rings. The fourth-order valence-corrected chi connectivity index (χ4v) is 8.00. The molecule has 6 N–H and O–H groups in total. The molecule has 324 valence electrons. The third-order valence-corrected chi connectivity index (χ3v) is 11.7. The maximum Gasteiger partial charge on any atom is 0.472 e. The SMILES string of the molecule is CCCCCCCCCCCCCCCCCCCCCCC(O)CC(=O)NC(COP(=O)(O)OCCN)C(O)CCCCCCCCCCCCCC. The van der Waals surface area contributed by atoms with Gasteiger partial charge in [-0.25, -0.2) is 4.57 Å². The fourth-order valence-electron chi connectivity index (χ4n) is 7.24. The molecule has 0 saturated carbocycles. The Bertz CT molecular complexity index is 837. The summed E-state index contributed by atoms with van der Waals surface area (Å²) in [4.78, 5) is 22.8. The van der Waals surface area contributed by atoms with E-state index in [1.807, 2.05) is 0 Å². The molecule has 9 nitrogen and oxygen atoms in total. The van der Waals surface area contributed by atoms with Crippen LogP contribution in [0.5, 0.6) is 0 Å². The number of amides is 1. The lowest BCUT2D eigenvalue weighted by molar-refractivity contribution is -0.125. The maximum atomic E-state index is 12.8. The molecule has 4 atom stereocenters. The van der Waals surface area contributed by atoms with Crippen LogP contribution in [-0.2, 0) is 18.4 Å². The molecule has 1 amide bonds. The summed E-state index contributed by atoms with van der Waals surface area (Å²) in [5.74, 6) is -0.409. The summed E-state index contributed by atoms with van der Waals surface area (Å²) in [6, 6.07) is -0.890. The first-order valence-corrected chi connectivity index (χ1v) is 24.7. The minimum Gasteiger partial charge on any atom is -0.393 e. The van der Waals surface area contributed by atoms with Gasteiger partial charge in [-0.2, -0.15) is 0 Å². The van der Waals surface area contributed by atoms with Crippen molar-refractivity contribution < 1.29 is 33.5 Å². The Balaban J connectivity index is 4.11. The molecule has 54 heavy (non-hydrogen) atoms. The van der Waals surface area contributed by atoms with E-state index in [2.05, 4.69) is 19.2 Å². The molecule has 0 spiro atoms. The number of carbonyl (C=O) groups is 1. The Morgan fingerprint density at radius 3 is 1.24 bits per heavy atom. The van der Waals surface area contributed by atoms with Crippen molar-refractivity contribution in [1.29, 1.82) is 0 Å². The average Bonchev–Trinajstić information content (AvgIpc) is 3.15. The van der Waals surface area contributed by atoms with E-state index in [1.54, 1.807) is 0 Å². The van der Waals surface area contributed by atoms with Crippen LogP contribution in [-0.4, -0.2) is 59.0 Å². The number of aliphatic hydroxyl groups excluding tert-OH is 2. The Kier molecular flexibility index (Phi) is 40.2. The largest absolute Gasteiger partial charge is 0.472 e. The Labute approximate surface area is 334 Å². The van der Waals surface area contributed by atoms with Gasteiger partial charge in [0.1, 0.15) is 0 Å². The molecular formula is C44H91N2O7P. The van der Waals surface area contributed by atoms with Gasteiger partial charge in [0.2, 0.25) is 5.91 Å². The third-order valence-electron chi connectivity index (χ3n) is 10.8. The van der Waals surface area contributed by atoms with Crippen LogP contribution in [0.1, 0.15) is 239 Å². The highest BCUT2D eigenvalue weighted by atomic mass is 31.2. The van der Waals surface area contributed by atoms with Crippen LogP contribution in [0.15, 0.2) is 0 Å². The first kappa shape index (κ1) is 53.5. The molecular weight excluding hydrogens is 699 g/mol. The molecule has 0 aromatic heterocycles. The predicted octanol–water partition coefficient (Wildman–Crippen LogP) is 12.0. The molecule has 0 aliphatic rings. The summed E-state index contributed by atoms with van der Waals surface area (Å²) in [7, 11) is -4.37. The standard InChI is InChI=1S/C44H91N2O7P/c1-3-5-7-9-11-13-15-17-18-19-20-21-22-23-24-25-27-29-31-33-35-41(47)39-44(49)46-42(40-53-54(50,51)52-38-37-45)43(48)36-34-32-30-28-26-16-14-12-10-8-6-4-2/h41-43,47-48H,3-40,45H2,1-2H3,(H,46,49)(H,50,51). The molecule has 0 aliphatic carbocycles. The molecule has 0 bridgehead atoms. The summed E-state index contributed by atoms with van der Waals surface area (Å²) in [6.45, 7) is 4.07. The second kappa shape index (κ2) is 40.6. The zero-order valence-electron chi connectivity index (χ0n) is 35.6. The number of rotatable bonds is 44. The van der Waals surface area contributed by atoms with Crippen molar-refractivity contribution in [2.24, 2.45) is 5.73 Å². The van der Waals surface area contributed by atoms with E-state index >= 15 is 0 Å². The van der Waals surface area contributed by atoms with Gasteiger partial charge in [0.25, 0.3) is 0 Å². The number of aliphatic hydroxyl groups is 2. The van der Waals surface area contributed by atoms with Crippen molar-refractivity contribution >= 4 is 13.7 Å². The smallest absolute Gasteiger partial charge is 0.393 e. The summed E-state index contributed by atoms with van der Waals surface area (Å²) < 4.78 is 22.1. The molecule has 4 unspecified atom stereocenters. The van der Waals surface area contributed by atoms with Crippen molar-refractivity contribution in [2.45, 2.75) is 257 Å². The minimum atomic E-state index is -4.37.